The Hall–Kier alpha value is -2.78. The summed E-state index contributed by atoms with van der Waals surface area (Å²) >= 11 is 18.3. The van der Waals surface area contributed by atoms with Crippen molar-refractivity contribution in [2.45, 2.75) is 19.0 Å². The predicted molar refractivity (Wildman–Crippen MR) is 149 cm³/mol. The molecule has 0 heterocycles. The van der Waals surface area contributed by atoms with Crippen LogP contribution in [0.2, 0.25) is 15.1 Å². The number of rotatable bonds is 10. The van der Waals surface area contributed by atoms with Crippen LogP contribution in [0.25, 0.3) is 0 Å². The minimum absolute atomic E-state index is 0.0485. The highest BCUT2D eigenvalue weighted by atomic mass is 35.5. The zero-order valence-corrected chi connectivity index (χ0v) is 23.3. The first-order valence-electron chi connectivity index (χ1n) is 11.2. The lowest BCUT2D eigenvalue weighted by atomic mass is 10.0. The maximum absolute atomic E-state index is 13.8. The van der Waals surface area contributed by atoms with E-state index in [0.29, 0.717) is 10.0 Å². The molecule has 2 amide bonds. The SMILES string of the molecule is CNC(=O)C(Cc1ccccc1)N(Cc1ccc(Cl)cc1)C(=O)CN(c1ccc(Cl)cc1Cl)S(C)(=O)=O. The maximum Gasteiger partial charge on any atom is 0.244 e. The molecule has 0 aliphatic carbocycles. The number of nitrogens with zero attached hydrogens (tertiary/aromatic N) is 2. The van der Waals surface area contributed by atoms with Crippen LogP contribution in [0.3, 0.4) is 0 Å². The van der Waals surface area contributed by atoms with Crippen LogP contribution in [-0.4, -0.2) is 51.0 Å². The Morgan fingerprint density at radius 2 is 1.51 bits per heavy atom. The standard InChI is InChI=1S/C26H26Cl3N3O4S/c1-30-26(34)24(14-18-6-4-3-5-7-18)31(16-19-8-10-20(27)11-9-19)25(33)17-32(37(2,35)36)23-13-12-21(28)15-22(23)29/h3-13,15,24H,14,16-17H2,1-2H3,(H,30,34). The zero-order chi connectivity index (χ0) is 27.2. The molecule has 7 nitrogen and oxygen atoms in total. The smallest absolute Gasteiger partial charge is 0.244 e. The number of nitrogens with one attached hydrogen (secondary N) is 1. The minimum Gasteiger partial charge on any atom is -0.357 e. The predicted octanol–water partition coefficient (Wildman–Crippen LogP) is 4.80. The highest BCUT2D eigenvalue weighted by molar-refractivity contribution is 7.92. The van der Waals surface area contributed by atoms with Crippen LogP contribution < -0.4 is 9.62 Å². The molecule has 0 spiro atoms. The number of carbonyl (C=O) groups is 2. The molecule has 0 radical (unpaired) electrons. The molecule has 1 unspecified atom stereocenters. The van der Waals surface area contributed by atoms with Crippen molar-refractivity contribution in [2.24, 2.45) is 0 Å². The van der Waals surface area contributed by atoms with Crippen LogP contribution in [0.15, 0.2) is 72.8 Å². The first kappa shape index (κ1) is 28.8. The summed E-state index contributed by atoms with van der Waals surface area (Å²) in [4.78, 5) is 28.2. The number of amides is 2. The average molecular weight is 583 g/mol. The molecule has 1 N–H and O–H groups in total. The second-order valence-corrected chi connectivity index (χ2v) is 11.5. The number of anilines is 1. The molecule has 37 heavy (non-hydrogen) atoms. The molecule has 3 rings (SSSR count). The molecule has 3 aromatic carbocycles. The second kappa shape index (κ2) is 12.6. The van der Waals surface area contributed by atoms with E-state index in [0.717, 1.165) is 21.7 Å². The Bertz CT molecular complexity index is 1350. The van der Waals surface area contributed by atoms with Gasteiger partial charge in [-0.15, -0.1) is 0 Å². The molecule has 0 saturated carbocycles. The molecule has 1 atom stereocenters. The summed E-state index contributed by atoms with van der Waals surface area (Å²) in [7, 11) is -2.44. The van der Waals surface area contributed by atoms with Gasteiger partial charge in [0.25, 0.3) is 0 Å². The van der Waals surface area contributed by atoms with Gasteiger partial charge >= 0.3 is 0 Å². The highest BCUT2D eigenvalue weighted by Crippen LogP contribution is 2.30. The van der Waals surface area contributed by atoms with Gasteiger partial charge in [-0.3, -0.25) is 13.9 Å². The van der Waals surface area contributed by atoms with Crippen molar-refractivity contribution in [3.63, 3.8) is 0 Å². The number of sulfonamides is 1. The van der Waals surface area contributed by atoms with Crippen LogP contribution in [-0.2, 0) is 32.6 Å². The van der Waals surface area contributed by atoms with Crippen LogP contribution >= 0.6 is 34.8 Å². The summed E-state index contributed by atoms with van der Waals surface area (Å²) < 4.78 is 26.4. The molecule has 11 heteroatoms. The summed E-state index contributed by atoms with van der Waals surface area (Å²) in [6, 6.07) is 19.5. The van der Waals surface area contributed by atoms with Crippen molar-refractivity contribution < 1.29 is 18.0 Å². The van der Waals surface area contributed by atoms with Crippen LogP contribution in [0.1, 0.15) is 11.1 Å². The molecule has 0 aliphatic heterocycles. The molecule has 0 saturated heterocycles. The van der Waals surface area contributed by atoms with E-state index in [9.17, 15) is 18.0 Å². The monoisotopic (exact) mass is 581 g/mol. The molecule has 0 aliphatic rings. The molecule has 0 bridgehead atoms. The van der Waals surface area contributed by atoms with Gasteiger partial charge < -0.3 is 10.2 Å². The molecular formula is C26H26Cl3N3O4S. The Morgan fingerprint density at radius 1 is 0.892 bits per heavy atom. The third-order valence-electron chi connectivity index (χ3n) is 5.64. The number of halogens is 3. The van der Waals surface area contributed by atoms with E-state index in [1.807, 2.05) is 30.3 Å². The first-order valence-corrected chi connectivity index (χ1v) is 14.2. The fourth-order valence-corrected chi connectivity index (χ4v) is 5.33. The first-order chi connectivity index (χ1) is 17.5. The average Bonchev–Trinajstić information content (AvgIpc) is 2.85. The van der Waals surface area contributed by atoms with Gasteiger partial charge in [-0.1, -0.05) is 77.3 Å². The van der Waals surface area contributed by atoms with E-state index in [1.54, 1.807) is 24.3 Å². The Morgan fingerprint density at radius 3 is 2.08 bits per heavy atom. The number of benzene rings is 3. The molecule has 196 valence electrons. The third-order valence-corrected chi connectivity index (χ3v) is 7.56. The Labute approximate surface area is 232 Å². The van der Waals surface area contributed by atoms with Crippen molar-refractivity contribution in [1.29, 1.82) is 0 Å². The van der Waals surface area contributed by atoms with E-state index in [4.69, 9.17) is 34.8 Å². The highest BCUT2D eigenvalue weighted by Gasteiger charge is 2.33. The number of hydrogen-bond acceptors (Lipinski definition) is 4. The van der Waals surface area contributed by atoms with Crippen molar-refractivity contribution in [3.05, 3.63) is 99.0 Å². The second-order valence-electron chi connectivity index (χ2n) is 8.33. The Kier molecular flexibility index (Phi) is 9.84. The molecular weight excluding hydrogens is 557 g/mol. The Balaban J connectivity index is 2.04. The number of carbonyl (C=O) groups excluding carboxylic acids is 2. The zero-order valence-electron chi connectivity index (χ0n) is 20.2. The van der Waals surface area contributed by atoms with E-state index >= 15 is 0 Å². The fraction of sp³-hybridized carbons (Fsp3) is 0.231. The lowest BCUT2D eigenvalue weighted by molar-refractivity contribution is -0.139. The van der Waals surface area contributed by atoms with Gasteiger partial charge in [0.05, 0.1) is 17.0 Å². The fourth-order valence-electron chi connectivity index (χ4n) is 3.79. The van der Waals surface area contributed by atoms with Crippen LogP contribution in [0, 0.1) is 0 Å². The molecule has 3 aromatic rings. The van der Waals surface area contributed by atoms with Crippen molar-refractivity contribution in [2.75, 3.05) is 24.2 Å². The summed E-state index contributed by atoms with van der Waals surface area (Å²) in [5.74, 6) is -0.975. The van der Waals surface area contributed by atoms with Gasteiger partial charge in [0.2, 0.25) is 21.8 Å². The maximum atomic E-state index is 13.8. The molecule has 0 fully saturated rings. The van der Waals surface area contributed by atoms with Crippen LogP contribution in [0.5, 0.6) is 0 Å². The van der Waals surface area contributed by atoms with Gasteiger partial charge in [0.15, 0.2) is 0 Å². The summed E-state index contributed by atoms with van der Waals surface area (Å²) in [6.45, 7) is -0.525. The van der Waals surface area contributed by atoms with Crippen molar-refractivity contribution in [3.8, 4) is 0 Å². The van der Waals surface area contributed by atoms with Crippen molar-refractivity contribution in [1.82, 2.24) is 10.2 Å². The third kappa shape index (κ3) is 7.85. The summed E-state index contributed by atoms with van der Waals surface area (Å²) in [5, 5.41) is 3.54. The van der Waals surface area contributed by atoms with Gasteiger partial charge in [-0.2, -0.15) is 0 Å². The van der Waals surface area contributed by atoms with Gasteiger partial charge in [-0.25, -0.2) is 8.42 Å². The number of hydrogen-bond donors (Lipinski definition) is 1. The van der Waals surface area contributed by atoms with E-state index < -0.39 is 28.5 Å². The van der Waals surface area contributed by atoms with Crippen LogP contribution in [0.4, 0.5) is 5.69 Å². The van der Waals surface area contributed by atoms with E-state index in [-0.39, 0.29) is 29.6 Å². The molecule has 0 aromatic heterocycles. The number of likely N-dealkylation sites (N-methyl/N-ethyl adjacent to an activating group) is 1. The summed E-state index contributed by atoms with van der Waals surface area (Å²) in [5.41, 5.74) is 1.66. The summed E-state index contributed by atoms with van der Waals surface area (Å²) in [6.07, 6.45) is 1.20. The van der Waals surface area contributed by atoms with Crippen molar-refractivity contribution >= 4 is 62.3 Å². The lowest BCUT2D eigenvalue weighted by Crippen LogP contribution is -2.52. The topological polar surface area (TPSA) is 86.8 Å². The van der Waals surface area contributed by atoms with Gasteiger partial charge in [-0.05, 0) is 41.5 Å². The van der Waals surface area contributed by atoms with Gasteiger partial charge in [0, 0.05) is 30.1 Å². The normalized spacial score (nSPS) is 12.0. The lowest BCUT2D eigenvalue weighted by Gasteiger charge is -2.33. The van der Waals surface area contributed by atoms with E-state index in [1.165, 1.54) is 30.1 Å². The quantitative estimate of drug-likeness (QED) is 0.372. The van der Waals surface area contributed by atoms with E-state index in [2.05, 4.69) is 5.32 Å². The minimum atomic E-state index is -3.93. The largest absolute Gasteiger partial charge is 0.357 e. The van der Waals surface area contributed by atoms with Gasteiger partial charge in [0.1, 0.15) is 12.6 Å².